The number of carbonyl (C=O) groups excluding carboxylic acids is 1. The summed E-state index contributed by atoms with van der Waals surface area (Å²) in [4.78, 5) is 10.9. The Morgan fingerprint density at radius 1 is 0.680 bits per heavy atom. The first-order valence-electron chi connectivity index (χ1n) is 9.29. The van der Waals surface area contributed by atoms with Crippen LogP contribution in [-0.4, -0.2) is 13.1 Å². The molecule has 0 radical (unpaired) electrons. The maximum absolute atomic E-state index is 10.9. The minimum Gasteiger partial charge on any atom is -0.469 e. The van der Waals surface area contributed by atoms with Crippen LogP contribution in [0.15, 0.2) is 72.9 Å². The molecule has 25 heavy (non-hydrogen) atoms. The Kier molecular flexibility index (Phi) is 18.3. The van der Waals surface area contributed by atoms with E-state index in [-0.39, 0.29) is 5.97 Å². The first-order chi connectivity index (χ1) is 12.3. The lowest BCUT2D eigenvalue weighted by atomic mass is 10.2. The van der Waals surface area contributed by atoms with Crippen LogP contribution in [0.25, 0.3) is 0 Å². The molecule has 0 fully saturated rings. The van der Waals surface area contributed by atoms with Gasteiger partial charge in [0.05, 0.1) is 7.11 Å². The van der Waals surface area contributed by atoms with Crippen LogP contribution in [-0.2, 0) is 9.53 Å². The largest absolute Gasteiger partial charge is 0.469 e. The molecule has 0 aliphatic carbocycles. The molecule has 0 aromatic rings. The monoisotopic (exact) mass is 342 g/mol. The average Bonchev–Trinajstić information content (AvgIpc) is 2.63. The van der Waals surface area contributed by atoms with Gasteiger partial charge < -0.3 is 4.74 Å². The Morgan fingerprint density at radius 2 is 1.20 bits per heavy atom. The second kappa shape index (κ2) is 20.0. The van der Waals surface area contributed by atoms with E-state index in [0.29, 0.717) is 6.42 Å². The van der Waals surface area contributed by atoms with Crippen LogP contribution in [0.2, 0.25) is 0 Å². The lowest BCUT2D eigenvalue weighted by molar-refractivity contribution is -0.140. The van der Waals surface area contributed by atoms with Gasteiger partial charge in [0, 0.05) is 6.42 Å². The standard InChI is InChI=1S/C23H34O2/c1-3-4-5-6-7-8-9-10-11-12-13-14-15-16-17-18-19-20-21-22-23(24)25-2/h4-5,8-11,13-14,16-17,19-20H,3,6-7,12,15,18,21-22H2,1-2H3/b5-4-,9-8+,11-10-,14-13-,17-16-,20-19-. The van der Waals surface area contributed by atoms with Crippen molar-refractivity contribution in [1.82, 2.24) is 0 Å². The van der Waals surface area contributed by atoms with Gasteiger partial charge in [-0.25, -0.2) is 0 Å². The molecule has 0 rings (SSSR count). The molecule has 0 saturated heterocycles. The number of ether oxygens (including phenoxy) is 1. The zero-order valence-electron chi connectivity index (χ0n) is 15.9. The van der Waals surface area contributed by atoms with E-state index in [2.05, 4.69) is 78.5 Å². The Balaban J connectivity index is 3.54. The zero-order chi connectivity index (χ0) is 18.4. The Morgan fingerprint density at radius 3 is 1.84 bits per heavy atom. The van der Waals surface area contributed by atoms with Gasteiger partial charge in [0.15, 0.2) is 0 Å². The number of esters is 1. The molecule has 0 unspecified atom stereocenters. The van der Waals surface area contributed by atoms with Gasteiger partial charge in [0.25, 0.3) is 0 Å². The minimum absolute atomic E-state index is 0.154. The van der Waals surface area contributed by atoms with E-state index in [1.165, 1.54) is 7.11 Å². The number of allylic oxidation sites excluding steroid dienone is 12. The van der Waals surface area contributed by atoms with Crippen molar-refractivity contribution in [2.45, 2.75) is 58.3 Å². The molecular weight excluding hydrogens is 308 g/mol. The van der Waals surface area contributed by atoms with Crippen molar-refractivity contribution in [3.8, 4) is 0 Å². The van der Waals surface area contributed by atoms with Gasteiger partial charge in [-0.05, 0) is 44.9 Å². The van der Waals surface area contributed by atoms with Crippen molar-refractivity contribution in [3.05, 3.63) is 72.9 Å². The molecule has 0 spiro atoms. The summed E-state index contributed by atoms with van der Waals surface area (Å²) in [7, 11) is 1.42. The van der Waals surface area contributed by atoms with Crippen LogP contribution in [0.3, 0.4) is 0 Å². The summed E-state index contributed by atoms with van der Waals surface area (Å²) in [5.74, 6) is -0.154. The quantitative estimate of drug-likeness (QED) is 0.153. The smallest absolute Gasteiger partial charge is 0.305 e. The number of hydrogen-bond acceptors (Lipinski definition) is 2. The van der Waals surface area contributed by atoms with Gasteiger partial charge in [-0.1, -0.05) is 79.8 Å². The van der Waals surface area contributed by atoms with Crippen molar-refractivity contribution in [3.63, 3.8) is 0 Å². The van der Waals surface area contributed by atoms with Crippen molar-refractivity contribution in [2.24, 2.45) is 0 Å². The molecule has 0 heterocycles. The lowest BCUT2D eigenvalue weighted by Gasteiger charge is -1.93. The Bertz CT molecular complexity index is 476. The maximum atomic E-state index is 10.9. The van der Waals surface area contributed by atoms with Gasteiger partial charge in [0.2, 0.25) is 0 Å². The first-order valence-corrected chi connectivity index (χ1v) is 9.29. The van der Waals surface area contributed by atoms with Gasteiger partial charge in [0.1, 0.15) is 0 Å². The number of methoxy groups -OCH3 is 1. The molecule has 0 amide bonds. The topological polar surface area (TPSA) is 26.3 Å². The first kappa shape index (κ1) is 22.9. The number of hydrogen-bond donors (Lipinski definition) is 0. The third-order valence-corrected chi connectivity index (χ3v) is 3.34. The highest BCUT2D eigenvalue weighted by molar-refractivity contribution is 5.69. The van der Waals surface area contributed by atoms with Crippen LogP contribution in [0.4, 0.5) is 0 Å². The summed E-state index contributed by atoms with van der Waals surface area (Å²) >= 11 is 0. The molecule has 0 bridgehead atoms. The van der Waals surface area contributed by atoms with E-state index in [4.69, 9.17) is 0 Å². The molecule has 138 valence electrons. The summed E-state index contributed by atoms with van der Waals surface area (Å²) in [6, 6.07) is 0. The molecule has 0 saturated carbocycles. The summed E-state index contributed by atoms with van der Waals surface area (Å²) in [5.41, 5.74) is 0. The Hall–Kier alpha value is -2.09. The molecule has 0 aromatic carbocycles. The van der Waals surface area contributed by atoms with Crippen molar-refractivity contribution < 1.29 is 9.53 Å². The summed E-state index contributed by atoms with van der Waals surface area (Å²) < 4.78 is 4.58. The molecule has 0 aromatic heterocycles. The molecule has 2 heteroatoms. The third-order valence-electron chi connectivity index (χ3n) is 3.34. The molecule has 0 atom stereocenters. The Labute approximate surface area is 154 Å². The van der Waals surface area contributed by atoms with E-state index >= 15 is 0 Å². The average molecular weight is 343 g/mol. The number of unbranched alkanes of at least 4 members (excludes halogenated alkanes) is 1. The van der Waals surface area contributed by atoms with Crippen LogP contribution >= 0.6 is 0 Å². The fraction of sp³-hybridized carbons (Fsp3) is 0.435. The normalized spacial score (nSPS) is 12.9. The van der Waals surface area contributed by atoms with Gasteiger partial charge in [-0.2, -0.15) is 0 Å². The van der Waals surface area contributed by atoms with Gasteiger partial charge in [-0.15, -0.1) is 0 Å². The van der Waals surface area contributed by atoms with Crippen LogP contribution in [0, 0.1) is 0 Å². The second-order valence-electron chi connectivity index (χ2n) is 5.55. The maximum Gasteiger partial charge on any atom is 0.305 e. The van der Waals surface area contributed by atoms with E-state index < -0.39 is 0 Å². The fourth-order valence-electron chi connectivity index (χ4n) is 1.95. The van der Waals surface area contributed by atoms with Crippen molar-refractivity contribution >= 4 is 5.97 Å². The lowest BCUT2D eigenvalue weighted by Crippen LogP contribution is -1.97. The summed E-state index contributed by atoms with van der Waals surface area (Å²) in [6.45, 7) is 2.16. The second-order valence-corrected chi connectivity index (χ2v) is 5.55. The van der Waals surface area contributed by atoms with E-state index in [9.17, 15) is 4.79 Å². The molecule has 0 aliphatic heterocycles. The van der Waals surface area contributed by atoms with Gasteiger partial charge in [-0.3, -0.25) is 4.79 Å². The highest BCUT2D eigenvalue weighted by Crippen LogP contribution is 1.98. The fourth-order valence-corrected chi connectivity index (χ4v) is 1.95. The van der Waals surface area contributed by atoms with Gasteiger partial charge >= 0.3 is 5.97 Å². The number of carbonyl (C=O) groups is 1. The summed E-state index contributed by atoms with van der Waals surface area (Å²) in [6.07, 6.45) is 33.3. The van der Waals surface area contributed by atoms with Crippen molar-refractivity contribution in [1.29, 1.82) is 0 Å². The predicted octanol–water partition coefficient (Wildman–Crippen LogP) is 6.64. The minimum atomic E-state index is -0.154. The molecule has 0 aliphatic rings. The molecule has 0 N–H and O–H groups in total. The predicted molar refractivity (Wildman–Crippen MR) is 109 cm³/mol. The number of rotatable bonds is 14. The van der Waals surface area contributed by atoms with Crippen molar-refractivity contribution in [2.75, 3.05) is 7.11 Å². The third kappa shape index (κ3) is 19.9. The highest BCUT2D eigenvalue weighted by Gasteiger charge is 1.94. The van der Waals surface area contributed by atoms with E-state index in [1.54, 1.807) is 0 Å². The van der Waals surface area contributed by atoms with Crippen LogP contribution in [0.5, 0.6) is 0 Å². The summed E-state index contributed by atoms with van der Waals surface area (Å²) in [5, 5.41) is 0. The zero-order valence-corrected chi connectivity index (χ0v) is 15.9. The SMILES string of the molecule is CC/C=C\CC/C=C/C=C\C/C=C\C/C=C\C/C=C\CCC(=O)OC. The highest BCUT2D eigenvalue weighted by atomic mass is 16.5. The molecule has 2 nitrogen and oxygen atoms in total. The van der Waals surface area contributed by atoms with Crippen LogP contribution in [0.1, 0.15) is 58.3 Å². The van der Waals surface area contributed by atoms with Crippen LogP contribution < -0.4 is 0 Å². The van der Waals surface area contributed by atoms with E-state index in [1.807, 2.05) is 6.08 Å². The molecular formula is C23H34O2. The van der Waals surface area contributed by atoms with E-state index in [0.717, 1.165) is 44.9 Å².